The zero-order chi connectivity index (χ0) is 14.0. The first kappa shape index (κ1) is 14.8. The lowest BCUT2D eigenvalue weighted by atomic mass is 9.84. The third kappa shape index (κ3) is 2.90. The third-order valence-electron chi connectivity index (χ3n) is 6.16. The molecule has 2 aliphatic heterocycles. The average Bonchev–Trinajstić information content (AvgIpc) is 2.94. The van der Waals surface area contributed by atoms with Gasteiger partial charge in [0.15, 0.2) is 0 Å². The summed E-state index contributed by atoms with van der Waals surface area (Å²) in [6.07, 6.45) is 10.6. The molecule has 3 rings (SSSR count). The van der Waals surface area contributed by atoms with E-state index in [0.29, 0.717) is 0 Å². The molecule has 2 heterocycles. The molecule has 0 aromatic carbocycles. The van der Waals surface area contributed by atoms with Crippen molar-refractivity contribution in [1.82, 2.24) is 10.2 Å². The smallest absolute Gasteiger partial charge is 0.0697 e. The molecule has 0 amide bonds. The highest BCUT2D eigenvalue weighted by molar-refractivity contribution is 4.96. The predicted octanol–water partition coefficient (Wildman–Crippen LogP) is 2.80. The number of hydrogen-bond acceptors (Lipinski definition) is 3. The first-order valence-corrected chi connectivity index (χ1v) is 8.81. The number of hydrogen-bond donors (Lipinski definition) is 1. The second-order valence-electron chi connectivity index (χ2n) is 7.23. The molecule has 3 nitrogen and oxygen atoms in total. The minimum absolute atomic E-state index is 0.268. The summed E-state index contributed by atoms with van der Waals surface area (Å²) in [5, 5.41) is 3.53. The van der Waals surface area contributed by atoms with Gasteiger partial charge in [-0.1, -0.05) is 26.2 Å². The molecule has 3 heteroatoms. The molecule has 0 aromatic heterocycles. The normalized spacial score (nSPS) is 38.4. The van der Waals surface area contributed by atoms with Gasteiger partial charge in [0.2, 0.25) is 0 Å². The summed E-state index contributed by atoms with van der Waals surface area (Å²) < 4.78 is 6.20. The molecule has 2 saturated heterocycles. The highest BCUT2D eigenvalue weighted by Gasteiger charge is 2.42. The van der Waals surface area contributed by atoms with Gasteiger partial charge in [0.05, 0.1) is 5.60 Å². The summed E-state index contributed by atoms with van der Waals surface area (Å²) in [6, 6.07) is 1.52. The molecule has 3 fully saturated rings. The van der Waals surface area contributed by atoms with Crippen molar-refractivity contribution >= 4 is 0 Å². The van der Waals surface area contributed by atoms with Crippen LogP contribution in [-0.4, -0.2) is 49.3 Å². The number of rotatable bonds is 3. The lowest BCUT2D eigenvalue weighted by molar-refractivity contribution is -0.106. The lowest BCUT2D eigenvalue weighted by Crippen LogP contribution is -2.54. The van der Waals surface area contributed by atoms with E-state index in [-0.39, 0.29) is 5.60 Å². The van der Waals surface area contributed by atoms with Gasteiger partial charge in [0.1, 0.15) is 0 Å². The molecule has 1 N–H and O–H groups in total. The van der Waals surface area contributed by atoms with Crippen LogP contribution in [0.25, 0.3) is 0 Å². The number of ether oxygens (including phenoxy) is 1. The van der Waals surface area contributed by atoms with Crippen LogP contribution in [0.5, 0.6) is 0 Å². The van der Waals surface area contributed by atoms with Gasteiger partial charge in [-0.2, -0.15) is 0 Å². The second kappa shape index (κ2) is 6.33. The van der Waals surface area contributed by atoms with Crippen molar-refractivity contribution in [2.24, 2.45) is 5.92 Å². The van der Waals surface area contributed by atoms with Crippen molar-refractivity contribution in [1.29, 1.82) is 0 Å². The Labute approximate surface area is 124 Å². The molecule has 20 heavy (non-hydrogen) atoms. The van der Waals surface area contributed by atoms with Crippen LogP contribution < -0.4 is 5.32 Å². The number of nitrogens with zero attached hydrogens (tertiary/aromatic N) is 1. The number of nitrogens with one attached hydrogen (secondary N) is 1. The van der Waals surface area contributed by atoms with Gasteiger partial charge in [0, 0.05) is 25.2 Å². The maximum atomic E-state index is 6.20. The largest absolute Gasteiger partial charge is 0.375 e. The molecule has 0 radical (unpaired) electrons. The predicted molar refractivity (Wildman–Crippen MR) is 83.0 cm³/mol. The molecule has 3 aliphatic rings. The zero-order valence-electron chi connectivity index (χ0n) is 13.4. The highest BCUT2D eigenvalue weighted by Crippen LogP contribution is 2.41. The van der Waals surface area contributed by atoms with Crippen LogP contribution in [0.2, 0.25) is 0 Å². The maximum Gasteiger partial charge on any atom is 0.0697 e. The van der Waals surface area contributed by atoms with Gasteiger partial charge >= 0.3 is 0 Å². The van der Waals surface area contributed by atoms with Crippen LogP contribution >= 0.6 is 0 Å². The Morgan fingerprint density at radius 2 is 2.05 bits per heavy atom. The topological polar surface area (TPSA) is 24.5 Å². The number of likely N-dealkylation sites (tertiary alicyclic amines) is 1. The van der Waals surface area contributed by atoms with Crippen molar-refractivity contribution in [3.8, 4) is 0 Å². The minimum Gasteiger partial charge on any atom is -0.375 e. The lowest BCUT2D eigenvalue weighted by Gasteiger charge is -2.47. The SMILES string of the molecule is CCC1CN(C2CCOC3(CCCC3)C2)CCC1NC. The van der Waals surface area contributed by atoms with Crippen molar-refractivity contribution in [2.75, 3.05) is 26.7 Å². The van der Waals surface area contributed by atoms with Crippen molar-refractivity contribution < 1.29 is 4.74 Å². The van der Waals surface area contributed by atoms with Gasteiger partial charge in [-0.3, -0.25) is 4.90 Å². The first-order chi connectivity index (χ1) is 9.76. The molecule has 0 bridgehead atoms. The molecule has 3 atom stereocenters. The standard InChI is InChI=1S/C17H32N2O/c1-3-14-13-19(10-6-16(14)18-2)15-7-11-20-17(12-15)8-4-5-9-17/h14-16,18H,3-13H2,1-2H3. The van der Waals surface area contributed by atoms with E-state index in [4.69, 9.17) is 4.74 Å². The minimum atomic E-state index is 0.268. The van der Waals surface area contributed by atoms with Gasteiger partial charge in [-0.05, 0) is 51.6 Å². The van der Waals surface area contributed by atoms with Gasteiger partial charge in [0.25, 0.3) is 0 Å². The van der Waals surface area contributed by atoms with E-state index in [1.54, 1.807) is 0 Å². The fourth-order valence-electron chi connectivity index (χ4n) is 4.87. The summed E-state index contributed by atoms with van der Waals surface area (Å²) in [6.45, 7) is 5.92. The molecule has 0 aromatic rings. The van der Waals surface area contributed by atoms with Crippen LogP contribution in [-0.2, 0) is 4.74 Å². The van der Waals surface area contributed by atoms with E-state index in [1.165, 1.54) is 64.5 Å². The van der Waals surface area contributed by atoms with E-state index in [2.05, 4.69) is 24.2 Å². The van der Waals surface area contributed by atoms with E-state index >= 15 is 0 Å². The maximum absolute atomic E-state index is 6.20. The fraction of sp³-hybridized carbons (Fsp3) is 1.00. The number of piperidine rings is 1. The Morgan fingerprint density at radius 3 is 2.75 bits per heavy atom. The average molecular weight is 280 g/mol. The van der Waals surface area contributed by atoms with Gasteiger partial charge < -0.3 is 10.1 Å². The monoisotopic (exact) mass is 280 g/mol. The molecule has 1 spiro atoms. The molecule has 3 unspecified atom stereocenters. The Morgan fingerprint density at radius 1 is 1.25 bits per heavy atom. The Balaban J connectivity index is 1.61. The molecule has 1 saturated carbocycles. The Hall–Kier alpha value is -0.120. The van der Waals surface area contributed by atoms with E-state index in [9.17, 15) is 0 Å². The van der Waals surface area contributed by atoms with Gasteiger partial charge in [-0.15, -0.1) is 0 Å². The van der Waals surface area contributed by atoms with E-state index in [0.717, 1.165) is 24.6 Å². The molecular weight excluding hydrogens is 248 g/mol. The fourth-order valence-corrected chi connectivity index (χ4v) is 4.87. The third-order valence-corrected chi connectivity index (χ3v) is 6.16. The van der Waals surface area contributed by atoms with Crippen LogP contribution in [0.15, 0.2) is 0 Å². The summed E-state index contributed by atoms with van der Waals surface area (Å²) in [4.78, 5) is 2.80. The Bertz CT molecular complexity index is 314. The summed E-state index contributed by atoms with van der Waals surface area (Å²) in [7, 11) is 2.13. The molecular formula is C17H32N2O. The quantitative estimate of drug-likeness (QED) is 0.860. The zero-order valence-corrected chi connectivity index (χ0v) is 13.4. The Kier molecular flexibility index (Phi) is 4.68. The van der Waals surface area contributed by atoms with Crippen LogP contribution in [0, 0.1) is 5.92 Å². The molecule has 116 valence electrons. The van der Waals surface area contributed by atoms with Crippen molar-refractivity contribution in [3.05, 3.63) is 0 Å². The highest BCUT2D eigenvalue weighted by atomic mass is 16.5. The van der Waals surface area contributed by atoms with E-state index < -0.39 is 0 Å². The summed E-state index contributed by atoms with van der Waals surface area (Å²) in [5.41, 5.74) is 0.268. The second-order valence-corrected chi connectivity index (χ2v) is 7.23. The van der Waals surface area contributed by atoms with Crippen molar-refractivity contribution in [2.45, 2.75) is 76.0 Å². The van der Waals surface area contributed by atoms with Crippen LogP contribution in [0.1, 0.15) is 58.3 Å². The van der Waals surface area contributed by atoms with Crippen molar-refractivity contribution in [3.63, 3.8) is 0 Å². The van der Waals surface area contributed by atoms with Crippen LogP contribution in [0.3, 0.4) is 0 Å². The van der Waals surface area contributed by atoms with Gasteiger partial charge in [-0.25, -0.2) is 0 Å². The summed E-state index contributed by atoms with van der Waals surface area (Å²) in [5.74, 6) is 0.830. The van der Waals surface area contributed by atoms with E-state index in [1.807, 2.05) is 0 Å². The summed E-state index contributed by atoms with van der Waals surface area (Å²) >= 11 is 0. The first-order valence-electron chi connectivity index (χ1n) is 8.81. The molecule has 1 aliphatic carbocycles. The van der Waals surface area contributed by atoms with Crippen LogP contribution in [0.4, 0.5) is 0 Å².